The van der Waals surface area contributed by atoms with Gasteiger partial charge >= 0.3 is 0 Å². The minimum Gasteiger partial charge on any atom is -0.394 e. The summed E-state index contributed by atoms with van der Waals surface area (Å²) in [5.74, 6) is -2.83. The van der Waals surface area contributed by atoms with E-state index in [1.54, 1.807) is 0 Å². The van der Waals surface area contributed by atoms with E-state index in [9.17, 15) is 157 Å². The third-order valence-corrected chi connectivity index (χ3v) is 22.0. The number of aliphatic hydroxyl groups excluding tert-OH is 28. The highest BCUT2D eigenvalue weighted by Crippen LogP contribution is 2.40. The topological polar surface area (TPSA) is 829 Å². The Labute approximate surface area is 673 Å². The zero-order valence-corrected chi connectivity index (χ0v) is 63.7. The first-order chi connectivity index (χ1) is 56.2. The zero-order valence-electron chi connectivity index (χ0n) is 63.7. The van der Waals surface area contributed by atoms with Crippen LogP contribution in [0.4, 0.5) is 0 Å². The molecule has 10 saturated heterocycles. The molecule has 10 aliphatic heterocycles. The second-order valence-corrected chi connectivity index (χ2v) is 30.3. The van der Waals surface area contributed by atoms with Gasteiger partial charge in [0.2, 0.25) is 17.7 Å². The van der Waals surface area contributed by atoms with Crippen molar-refractivity contribution in [3.63, 3.8) is 0 Å². The van der Waals surface area contributed by atoms with Gasteiger partial charge in [-0.2, -0.15) is 0 Å². The first-order valence-electron chi connectivity index (χ1n) is 38.0. The lowest BCUT2D eigenvalue weighted by Crippen LogP contribution is -2.71. The van der Waals surface area contributed by atoms with Crippen LogP contribution in [0, 0.1) is 0 Å². The molecule has 0 unspecified atom stereocenters. The lowest BCUT2D eigenvalue weighted by Gasteiger charge is -2.51. The number of carbonyl (C=O) groups excluding carboxylic acids is 3. The molecule has 31 N–H and O–H groups in total. The summed E-state index contributed by atoms with van der Waals surface area (Å²) in [4.78, 5) is 38.8. The van der Waals surface area contributed by atoms with Gasteiger partial charge < -0.3 is 249 Å². The smallest absolute Gasteiger partial charge is 0.217 e. The lowest BCUT2D eigenvalue weighted by atomic mass is 9.93. The summed E-state index contributed by atoms with van der Waals surface area (Å²) in [6, 6.07) is -5.76. The molecule has 50 atom stereocenters. The molecule has 0 aromatic carbocycles. The highest BCUT2D eigenvalue weighted by Gasteiger charge is 2.61. The molecule has 53 nitrogen and oxygen atoms in total. The molecule has 10 aliphatic rings. The minimum absolute atomic E-state index is 0.847. The average molecular weight is 1750 g/mol. The van der Waals surface area contributed by atoms with E-state index in [1.165, 1.54) is 6.92 Å². The molecule has 10 rings (SSSR count). The van der Waals surface area contributed by atoms with Gasteiger partial charge in [0.25, 0.3) is 0 Å². The molecule has 0 radical (unpaired) electrons. The summed E-state index contributed by atoms with van der Waals surface area (Å²) in [7, 11) is 0. The van der Waals surface area contributed by atoms with Crippen LogP contribution in [0.2, 0.25) is 0 Å². The third kappa shape index (κ3) is 21.5. The van der Waals surface area contributed by atoms with Crippen LogP contribution in [0.3, 0.4) is 0 Å². The molecule has 10 heterocycles. The average Bonchev–Trinajstić information content (AvgIpc) is 0.770. The molecule has 3 amide bonds. The molecule has 0 aliphatic carbocycles. The maximum atomic E-state index is 13.3. The summed E-state index contributed by atoms with van der Waals surface area (Å²) in [6.45, 7) is -5.63. The van der Waals surface area contributed by atoms with Crippen LogP contribution in [0.5, 0.6) is 0 Å². The molecule has 0 bridgehead atoms. The Kier molecular flexibility index (Phi) is 34.8. The maximum Gasteiger partial charge on any atom is 0.217 e. The van der Waals surface area contributed by atoms with Crippen LogP contribution in [0.1, 0.15) is 27.7 Å². The van der Waals surface area contributed by atoms with Crippen molar-refractivity contribution in [3.8, 4) is 0 Å². The first-order valence-corrected chi connectivity index (χ1v) is 38.0. The minimum atomic E-state index is -2.64. The van der Waals surface area contributed by atoms with Gasteiger partial charge in [0.1, 0.15) is 238 Å². The molecular formula is C66H111N3O50. The van der Waals surface area contributed by atoms with Crippen molar-refractivity contribution in [2.24, 2.45) is 0 Å². The van der Waals surface area contributed by atoms with Gasteiger partial charge in [0, 0.05) is 20.8 Å². The van der Waals surface area contributed by atoms with Gasteiger partial charge in [-0.3, -0.25) is 14.4 Å². The predicted molar refractivity (Wildman–Crippen MR) is 363 cm³/mol. The zero-order chi connectivity index (χ0) is 87.5. The van der Waals surface area contributed by atoms with E-state index in [0.717, 1.165) is 20.8 Å². The molecule has 0 aromatic rings. The number of nitrogens with one attached hydrogen (secondary N) is 3. The Bertz CT molecular complexity index is 3160. The van der Waals surface area contributed by atoms with E-state index in [4.69, 9.17) is 90.0 Å². The fraction of sp³-hybridized carbons (Fsp3) is 0.955. The Morgan fingerprint density at radius 3 is 1.01 bits per heavy atom. The summed E-state index contributed by atoms with van der Waals surface area (Å²) in [5.41, 5.74) is 0. The standard InChI is InChI=1S/C66H111N3O50/c1-14-30(79)40(89)45(94)60(104-14)103-13-26-52(38(87)27(57(100)105-26)67-15(2)76)114-58-28(68-16(3)77)39(88)51(23(10-75)111-58)115-65-50(99)55(118-66-56(44(93)34(83)21(8-73)110-66)119-59-29(69-17(4)78)53(35(84)22(9-74)106-59)116-63-47(96)42(91)32(81)19(6-71)108-63)37(86)25(113-65)12-102-62-49(98)54(117-64-48(97)43(92)33(82)20(7-72)109-64)36(85)24(112-62)11-101-61-46(95)41(90)31(80)18(5-70)107-61/h14,18-66,70-75,79-100H,5-13H2,1-4H3,(H,67,76)(H,68,77)(H,69,78)/t14-,18+,19+,20+,21+,22+,23+,24+,25+,26+,27+,28+,29+,30+,31+,32-,33+,34+,35+,36+,37+,38+,39+,40+,41-,42-,43-,44-,45-,46-,47+,48-,49-,50-,51+,52+,53+,54-,55-,56-,57+,58-,59-,60+,61-,62-,63-,64+,65-,66+/m0/s1. The summed E-state index contributed by atoms with van der Waals surface area (Å²) >= 11 is 0. The quantitative estimate of drug-likeness (QED) is 0.0318. The number of hydrogen-bond acceptors (Lipinski definition) is 50. The normalized spacial score (nSPS) is 50.7. The summed E-state index contributed by atoms with van der Waals surface area (Å²) in [5, 5.41) is 318. The van der Waals surface area contributed by atoms with E-state index in [0.29, 0.717) is 0 Å². The van der Waals surface area contributed by atoms with Crippen LogP contribution in [0.25, 0.3) is 0 Å². The van der Waals surface area contributed by atoms with E-state index >= 15 is 0 Å². The second kappa shape index (κ2) is 42.4. The Balaban J connectivity index is 0.995. The Morgan fingerprint density at radius 1 is 0.235 bits per heavy atom. The van der Waals surface area contributed by atoms with Gasteiger partial charge in [-0.1, -0.05) is 0 Å². The monoisotopic (exact) mass is 1750 g/mol. The van der Waals surface area contributed by atoms with Crippen molar-refractivity contribution < 1.29 is 247 Å². The van der Waals surface area contributed by atoms with Crippen molar-refractivity contribution in [1.82, 2.24) is 16.0 Å². The van der Waals surface area contributed by atoms with Gasteiger partial charge in [0.05, 0.1) is 65.6 Å². The van der Waals surface area contributed by atoms with Crippen molar-refractivity contribution in [3.05, 3.63) is 0 Å². The number of rotatable bonds is 30. The van der Waals surface area contributed by atoms with Crippen molar-refractivity contribution in [1.29, 1.82) is 0 Å². The fourth-order valence-corrected chi connectivity index (χ4v) is 15.3. The number of hydrogen-bond donors (Lipinski definition) is 31. The molecule has 53 heteroatoms. The van der Waals surface area contributed by atoms with Crippen molar-refractivity contribution in [2.45, 2.75) is 335 Å². The van der Waals surface area contributed by atoms with Crippen LogP contribution in [0.15, 0.2) is 0 Å². The Morgan fingerprint density at radius 2 is 0.521 bits per heavy atom. The fourth-order valence-electron chi connectivity index (χ4n) is 15.3. The summed E-state index contributed by atoms with van der Waals surface area (Å²) < 4.78 is 112. The summed E-state index contributed by atoms with van der Waals surface area (Å²) in [6.07, 6.45) is -98.2. The molecular weight excluding hydrogens is 1630 g/mol. The third-order valence-electron chi connectivity index (χ3n) is 22.0. The molecule has 10 fully saturated rings. The van der Waals surface area contributed by atoms with Crippen LogP contribution in [-0.2, 0) is 104 Å². The van der Waals surface area contributed by atoms with Crippen molar-refractivity contribution >= 4 is 17.7 Å². The van der Waals surface area contributed by atoms with Gasteiger partial charge in [-0.05, 0) is 6.92 Å². The van der Waals surface area contributed by atoms with Gasteiger partial charge in [-0.15, -0.1) is 0 Å². The van der Waals surface area contributed by atoms with E-state index < -0.39 is 384 Å². The maximum absolute atomic E-state index is 13.3. The second-order valence-electron chi connectivity index (χ2n) is 30.3. The van der Waals surface area contributed by atoms with E-state index in [1.807, 2.05) is 0 Å². The molecule has 690 valence electrons. The SMILES string of the molecule is CC(=O)N[C@@H]1[C@@H](O)[C@H](O[C@@H]2O[C@H](CO)[C@@H](O[C@@H]3O[C@H](CO[C@H]4O[C@H](CO[C@H]5O[C@H](CO)[C@@H](O)[C@H](O)[C@@H]5O)[C@@H](O)[C@H](O[C@H]5O[C@H](CO)[C@@H](O)[C@H](O)[C@@H]5O)[C@@H]4O)[C@@H](O)[C@H](O[C@H]4O[C@H](CO)[C@@H](O)[C@H](O)[C@@H]4O[C@@H]4O[C@H](CO)[C@@H](O)[C@H](O[C@@H]5O[C@H](CO)[C@H](O)[C@H](O)[C@H]5O)[C@H]4NC(C)=O)[C@@H]3O)[C@H](O)[C@H]2NC(C)=O)[C@@H](CO[C@@H]2O[C@@H](C)[C@@H](O)[C@@H](O)[C@@H]2O)O[C@H]1O. The number of aliphatic hydroxyl groups is 28. The van der Waals surface area contributed by atoms with Gasteiger partial charge in [-0.25, -0.2) is 0 Å². The first kappa shape index (κ1) is 97.7. The Hall–Kier alpha value is -3.47. The van der Waals surface area contributed by atoms with Crippen LogP contribution < -0.4 is 16.0 Å². The van der Waals surface area contributed by atoms with Crippen LogP contribution in [-0.4, -0.2) is 527 Å². The van der Waals surface area contributed by atoms with Crippen LogP contribution >= 0.6 is 0 Å². The predicted octanol–water partition coefficient (Wildman–Crippen LogP) is -21.3. The lowest BCUT2D eigenvalue weighted by molar-refractivity contribution is -0.398. The number of amides is 3. The number of carbonyl (C=O) groups is 3. The molecule has 0 aromatic heterocycles. The van der Waals surface area contributed by atoms with Gasteiger partial charge in [0.15, 0.2) is 62.9 Å². The highest BCUT2D eigenvalue weighted by molar-refractivity contribution is 5.74. The van der Waals surface area contributed by atoms with E-state index in [2.05, 4.69) is 16.0 Å². The highest BCUT2D eigenvalue weighted by atomic mass is 16.8. The molecule has 119 heavy (non-hydrogen) atoms. The number of ether oxygens (including phenoxy) is 19. The van der Waals surface area contributed by atoms with Crippen molar-refractivity contribution in [2.75, 3.05) is 59.5 Å². The largest absolute Gasteiger partial charge is 0.394 e. The molecule has 0 saturated carbocycles. The van der Waals surface area contributed by atoms with E-state index in [-0.39, 0.29) is 0 Å². The molecule has 0 spiro atoms.